The molecule has 0 aromatic heterocycles. The van der Waals surface area contributed by atoms with E-state index in [1.54, 1.807) is 17.0 Å². The van der Waals surface area contributed by atoms with Gasteiger partial charge in [0.1, 0.15) is 5.82 Å². The average Bonchev–Trinajstić information content (AvgIpc) is 2.51. The number of rotatable bonds is 4. The van der Waals surface area contributed by atoms with Crippen LogP contribution in [0.2, 0.25) is 0 Å². The Balaban J connectivity index is 0.00000288. The van der Waals surface area contributed by atoms with E-state index in [4.69, 9.17) is 5.73 Å². The lowest BCUT2D eigenvalue weighted by Crippen LogP contribution is -2.51. The topological polar surface area (TPSA) is 54.1 Å². The molecule has 24 heavy (non-hydrogen) atoms. The van der Waals surface area contributed by atoms with Gasteiger partial charge in [-0.15, -0.1) is 37.1 Å². The van der Waals surface area contributed by atoms with E-state index >= 15 is 0 Å². The van der Waals surface area contributed by atoms with E-state index in [1.807, 2.05) is 0 Å². The zero-order valence-electron chi connectivity index (χ0n) is 12.8. The number of ether oxygens (including phenoxy) is 1. The fourth-order valence-electron chi connectivity index (χ4n) is 2.27. The van der Waals surface area contributed by atoms with Crippen molar-refractivity contribution in [3.8, 4) is 0 Å². The van der Waals surface area contributed by atoms with Gasteiger partial charge in [-0.2, -0.15) is 0 Å². The molecule has 1 fully saturated rings. The van der Waals surface area contributed by atoms with Gasteiger partial charge in [-0.25, -0.2) is 4.39 Å². The first kappa shape index (κ1) is 20.7. The predicted molar refractivity (Wildman–Crippen MR) is 94.1 cm³/mol. The van der Waals surface area contributed by atoms with Crippen LogP contribution in [-0.2, 0) is 4.74 Å². The predicted octanol–water partition coefficient (Wildman–Crippen LogP) is 2.42. The van der Waals surface area contributed by atoms with Crippen LogP contribution in [0.5, 0.6) is 0 Å². The Morgan fingerprint density at radius 1 is 1.12 bits per heavy atom. The molecule has 2 N–H and O–H groups in total. The molecule has 1 aromatic rings. The Labute approximate surface area is 154 Å². The van der Waals surface area contributed by atoms with Gasteiger partial charge in [-0.3, -0.25) is 9.73 Å². The first-order valence-corrected chi connectivity index (χ1v) is 7.11. The lowest BCUT2D eigenvalue weighted by atomic mass is 10.2. The number of guanidine groups is 1. The van der Waals surface area contributed by atoms with Crippen molar-refractivity contribution < 1.29 is 22.3 Å². The molecule has 1 aliphatic heterocycles. The Kier molecular flexibility index (Phi) is 8.00. The van der Waals surface area contributed by atoms with E-state index in [1.165, 1.54) is 12.1 Å². The van der Waals surface area contributed by atoms with Gasteiger partial charge < -0.3 is 15.5 Å². The lowest BCUT2D eigenvalue weighted by molar-refractivity contribution is -0.323. The summed E-state index contributed by atoms with van der Waals surface area (Å²) in [5.74, 6) is -0.0839. The number of halogens is 5. The highest BCUT2D eigenvalue weighted by molar-refractivity contribution is 14.0. The van der Waals surface area contributed by atoms with Crippen LogP contribution in [0.1, 0.15) is 0 Å². The molecule has 5 nitrogen and oxygen atoms in total. The Morgan fingerprint density at radius 3 is 2.25 bits per heavy atom. The zero-order chi connectivity index (χ0) is 16.9. The summed E-state index contributed by atoms with van der Waals surface area (Å²) in [5.41, 5.74) is 6.69. The third-order valence-electron chi connectivity index (χ3n) is 3.43. The van der Waals surface area contributed by atoms with Crippen molar-refractivity contribution >= 4 is 35.6 Å². The number of nitrogens with two attached hydrogens (primary N) is 1. The molecule has 2 rings (SSSR count). The molecule has 0 spiro atoms. The second-order valence-corrected chi connectivity index (χ2v) is 4.98. The van der Waals surface area contributed by atoms with Crippen molar-refractivity contribution in [3.63, 3.8) is 0 Å². The van der Waals surface area contributed by atoms with Gasteiger partial charge in [0.25, 0.3) is 0 Å². The van der Waals surface area contributed by atoms with Gasteiger partial charge in [0, 0.05) is 31.9 Å². The standard InChI is InChI=1S/C14H18F4N4O.HI/c15-11-1-3-12(4-2-11)21-6-8-22(9-7-21)13(19)20-5-10-23-14(16,17)18;/h1-4H,5-10H2,(H2,19,20);1H. The lowest BCUT2D eigenvalue weighted by Gasteiger charge is -2.36. The monoisotopic (exact) mass is 462 g/mol. The van der Waals surface area contributed by atoms with E-state index in [0.717, 1.165) is 5.69 Å². The first-order chi connectivity index (χ1) is 10.8. The van der Waals surface area contributed by atoms with Crippen LogP contribution in [0.3, 0.4) is 0 Å². The number of nitrogens with zero attached hydrogens (tertiary/aromatic N) is 3. The van der Waals surface area contributed by atoms with Crippen LogP contribution in [0.25, 0.3) is 0 Å². The van der Waals surface area contributed by atoms with Crippen molar-refractivity contribution in [2.24, 2.45) is 10.7 Å². The summed E-state index contributed by atoms with van der Waals surface area (Å²) < 4.78 is 52.0. The molecule has 0 bridgehead atoms. The summed E-state index contributed by atoms with van der Waals surface area (Å²) in [5, 5.41) is 0. The van der Waals surface area contributed by atoms with E-state index in [2.05, 4.69) is 14.6 Å². The number of aliphatic imine (C=N–C) groups is 1. The maximum Gasteiger partial charge on any atom is 0.522 e. The summed E-state index contributed by atoms with van der Waals surface area (Å²) in [7, 11) is 0. The van der Waals surface area contributed by atoms with Gasteiger partial charge in [-0.1, -0.05) is 0 Å². The molecule has 0 radical (unpaired) electrons. The molecule has 1 aromatic carbocycles. The summed E-state index contributed by atoms with van der Waals surface area (Å²) >= 11 is 0. The number of benzene rings is 1. The molecular weight excluding hydrogens is 443 g/mol. The summed E-state index contributed by atoms with van der Waals surface area (Å²) in [6.07, 6.45) is -4.65. The molecule has 1 aliphatic rings. The van der Waals surface area contributed by atoms with Gasteiger partial charge in [-0.05, 0) is 24.3 Å². The normalized spacial score (nSPS) is 16.1. The zero-order valence-corrected chi connectivity index (χ0v) is 15.1. The highest BCUT2D eigenvalue weighted by Gasteiger charge is 2.28. The minimum absolute atomic E-state index is 0. The number of alkyl halides is 3. The van der Waals surface area contributed by atoms with Crippen molar-refractivity contribution in [1.29, 1.82) is 0 Å². The molecule has 0 atom stereocenters. The van der Waals surface area contributed by atoms with Crippen LogP contribution in [0.15, 0.2) is 29.3 Å². The van der Waals surface area contributed by atoms with Gasteiger partial charge in [0.05, 0.1) is 13.2 Å². The SMILES string of the molecule is I.NC(=NCCOC(F)(F)F)N1CCN(c2ccc(F)cc2)CC1. The number of piperazine rings is 1. The highest BCUT2D eigenvalue weighted by Crippen LogP contribution is 2.17. The summed E-state index contributed by atoms with van der Waals surface area (Å²) in [6.45, 7) is 1.81. The smallest absolute Gasteiger partial charge is 0.370 e. The van der Waals surface area contributed by atoms with Crippen molar-refractivity contribution in [2.75, 3.05) is 44.2 Å². The van der Waals surface area contributed by atoms with Gasteiger partial charge >= 0.3 is 6.36 Å². The Morgan fingerprint density at radius 2 is 1.71 bits per heavy atom. The van der Waals surface area contributed by atoms with Gasteiger partial charge in [0.15, 0.2) is 5.96 Å². The fraction of sp³-hybridized carbons (Fsp3) is 0.500. The Hall–Kier alpha value is -1.30. The maximum atomic E-state index is 12.9. The minimum atomic E-state index is -4.65. The average molecular weight is 462 g/mol. The van der Waals surface area contributed by atoms with Crippen LogP contribution in [0.4, 0.5) is 23.2 Å². The summed E-state index contributed by atoms with van der Waals surface area (Å²) in [4.78, 5) is 7.77. The largest absolute Gasteiger partial charge is 0.522 e. The first-order valence-electron chi connectivity index (χ1n) is 7.11. The molecule has 0 unspecified atom stereocenters. The van der Waals surface area contributed by atoms with Gasteiger partial charge in [0.2, 0.25) is 0 Å². The fourth-order valence-corrected chi connectivity index (χ4v) is 2.27. The quantitative estimate of drug-likeness (QED) is 0.246. The van der Waals surface area contributed by atoms with Crippen molar-refractivity contribution in [3.05, 3.63) is 30.1 Å². The molecule has 0 saturated carbocycles. The van der Waals surface area contributed by atoms with Crippen LogP contribution >= 0.6 is 24.0 Å². The van der Waals surface area contributed by atoms with E-state index in [9.17, 15) is 17.6 Å². The van der Waals surface area contributed by atoms with E-state index in [-0.39, 0.29) is 42.3 Å². The van der Waals surface area contributed by atoms with E-state index in [0.29, 0.717) is 26.2 Å². The molecular formula is C14H19F4IN4O. The summed E-state index contributed by atoms with van der Waals surface area (Å²) in [6, 6.07) is 6.21. The molecule has 0 aliphatic carbocycles. The van der Waals surface area contributed by atoms with E-state index < -0.39 is 13.0 Å². The second-order valence-electron chi connectivity index (χ2n) is 4.98. The highest BCUT2D eigenvalue weighted by atomic mass is 127. The molecule has 0 amide bonds. The van der Waals surface area contributed by atoms with Crippen molar-refractivity contribution in [1.82, 2.24) is 4.90 Å². The minimum Gasteiger partial charge on any atom is -0.370 e. The second kappa shape index (κ2) is 9.25. The maximum absolute atomic E-state index is 12.9. The number of hydrogen-bond donors (Lipinski definition) is 1. The number of hydrogen-bond acceptors (Lipinski definition) is 3. The molecule has 1 heterocycles. The Bertz CT molecular complexity index is 531. The van der Waals surface area contributed by atoms with Crippen LogP contribution < -0.4 is 10.6 Å². The molecule has 10 heteroatoms. The van der Waals surface area contributed by atoms with Crippen LogP contribution in [-0.4, -0.2) is 56.6 Å². The van der Waals surface area contributed by atoms with Crippen molar-refractivity contribution in [2.45, 2.75) is 6.36 Å². The molecule has 136 valence electrons. The molecule has 1 saturated heterocycles. The third kappa shape index (κ3) is 6.67. The third-order valence-corrected chi connectivity index (χ3v) is 3.43. The number of anilines is 1. The van der Waals surface area contributed by atoms with Crippen LogP contribution in [0, 0.1) is 5.82 Å².